The van der Waals surface area contributed by atoms with Crippen LogP contribution in [0.5, 0.6) is 0 Å². The zero-order chi connectivity index (χ0) is 13.1. The molecule has 0 aliphatic carbocycles. The van der Waals surface area contributed by atoms with Gasteiger partial charge in [0.1, 0.15) is 0 Å². The first-order valence-electron chi connectivity index (χ1n) is 6.52. The largest absolute Gasteiger partial charge is 0.397 e. The maximum absolute atomic E-state index is 11.1. The predicted molar refractivity (Wildman–Crippen MR) is 74.6 cm³/mol. The van der Waals surface area contributed by atoms with Crippen LogP contribution in [0.4, 0.5) is 11.4 Å². The summed E-state index contributed by atoms with van der Waals surface area (Å²) >= 11 is 0. The van der Waals surface area contributed by atoms with Crippen LogP contribution in [0, 0.1) is 5.92 Å². The van der Waals surface area contributed by atoms with Crippen molar-refractivity contribution in [1.82, 2.24) is 0 Å². The number of amides is 1. The molecule has 0 aromatic heterocycles. The van der Waals surface area contributed by atoms with E-state index in [0.29, 0.717) is 11.3 Å². The van der Waals surface area contributed by atoms with Crippen molar-refractivity contribution >= 4 is 17.3 Å². The Balaban J connectivity index is 2.20. The van der Waals surface area contributed by atoms with Gasteiger partial charge in [0.25, 0.3) is 0 Å². The minimum absolute atomic E-state index is 0.433. The minimum atomic E-state index is -0.433. The van der Waals surface area contributed by atoms with Gasteiger partial charge in [-0.15, -0.1) is 0 Å². The number of nitrogens with zero attached hydrogens (tertiary/aromatic N) is 1. The van der Waals surface area contributed by atoms with Crippen molar-refractivity contribution in [3.05, 3.63) is 23.8 Å². The second kappa shape index (κ2) is 5.29. The molecule has 1 amide bonds. The highest BCUT2D eigenvalue weighted by atomic mass is 16.1. The van der Waals surface area contributed by atoms with Crippen molar-refractivity contribution in [2.75, 3.05) is 23.7 Å². The second-order valence-corrected chi connectivity index (χ2v) is 5.16. The summed E-state index contributed by atoms with van der Waals surface area (Å²) in [5.41, 5.74) is 13.4. The van der Waals surface area contributed by atoms with E-state index in [1.54, 1.807) is 12.1 Å². The topological polar surface area (TPSA) is 72.3 Å². The molecule has 0 spiro atoms. The molecule has 1 aromatic rings. The number of nitrogen functional groups attached to an aromatic ring is 1. The number of hydrogen-bond acceptors (Lipinski definition) is 3. The van der Waals surface area contributed by atoms with Crippen LogP contribution in [0.3, 0.4) is 0 Å². The Morgan fingerprint density at radius 3 is 2.78 bits per heavy atom. The average Bonchev–Trinajstić information content (AvgIpc) is 2.54. The first-order chi connectivity index (χ1) is 8.58. The Bertz CT molecular complexity index is 445. The lowest BCUT2D eigenvalue weighted by molar-refractivity contribution is 0.100. The van der Waals surface area contributed by atoms with Crippen molar-refractivity contribution in [2.45, 2.75) is 26.2 Å². The van der Waals surface area contributed by atoms with E-state index in [1.165, 1.54) is 19.3 Å². The standard InChI is InChI=1S/C14H21N3O/c1-10-3-2-7-17(8-6-10)13-5-4-11(14(16)18)9-12(13)15/h4-5,9-10H,2-3,6-8,15H2,1H3,(H2,16,18). The predicted octanol–water partition coefficient (Wildman–Crippen LogP) is 1.99. The molecule has 4 N–H and O–H groups in total. The van der Waals surface area contributed by atoms with Crippen LogP contribution in [0.1, 0.15) is 36.5 Å². The Kier molecular flexibility index (Phi) is 3.75. The molecule has 1 atom stereocenters. The number of anilines is 2. The first kappa shape index (κ1) is 12.7. The summed E-state index contributed by atoms with van der Waals surface area (Å²) in [5.74, 6) is 0.346. The number of nitrogens with two attached hydrogens (primary N) is 2. The molecule has 1 fully saturated rings. The number of carbonyl (C=O) groups excluding carboxylic acids is 1. The van der Waals surface area contributed by atoms with Crippen LogP contribution in [0.2, 0.25) is 0 Å². The van der Waals surface area contributed by atoms with Gasteiger partial charge in [0.15, 0.2) is 0 Å². The van der Waals surface area contributed by atoms with Gasteiger partial charge in [0, 0.05) is 18.7 Å². The normalized spacial score (nSPS) is 20.5. The van der Waals surface area contributed by atoms with Crippen LogP contribution in [-0.2, 0) is 0 Å². The van der Waals surface area contributed by atoms with Crippen LogP contribution in [0.25, 0.3) is 0 Å². The first-order valence-corrected chi connectivity index (χ1v) is 6.52. The fraction of sp³-hybridized carbons (Fsp3) is 0.500. The van der Waals surface area contributed by atoms with Crippen LogP contribution in [0.15, 0.2) is 18.2 Å². The number of rotatable bonds is 2. The molecule has 1 saturated heterocycles. The van der Waals surface area contributed by atoms with Crippen molar-refractivity contribution in [3.63, 3.8) is 0 Å². The van der Waals surface area contributed by atoms with Gasteiger partial charge >= 0.3 is 0 Å². The lowest BCUT2D eigenvalue weighted by Crippen LogP contribution is -2.25. The Hall–Kier alpha value is -1.71. The molecule has 98 valence electrons. The minimum Gasteiger partial charge on any atom is -0.397 e. The average molecular weight is 247 g/mol. The Morgan fingerprint density at radius 1 is 1.33 bits per heavy atom. The van der Waals surface area contributed by atoms with Crippen molar-refractivity contribution in [1.29, 1.82) is 0 Å². The van der Waals surface area contributed by atoms with E-state index < -0.39 is 5.91 Å². The van der Waals surface area contributed by atoms with Gasteiger partial charge in [-0.3, -0.25) is 4.79 Å². The summed E-state index contributed by atoms with van der Waals surface area (Å²) in [5, 5.41) is 0. The van der Waals surface area contributed by atoms with E-state index in [0.717, 1.165) is 24.7 Å². The van der Waals surface area contributed by atoms with Gasteiger partial charge < -0.3 is 16.4 Å². The molecular formula is C14H21N3O. The molecule has 1 heterocycles. The molecule has 4 nitrogen and oxygen atoms in total. The quantitative estimate of drug-likeness (QED) is 0.785. The molecule has 4 heteroatoms. The van der Waals surface area contributed by atoms with E-state index in [2.05, 4.69) is 11.8 Å². The summed E-state index contributed by atoms with van der Waals surface area (Å²) in [6, 6.07) is 5.33. The van der Waals surface area contributed by atoms with E-state index >= 15 is 0 Å². The highest BCUT2D eigenvalue weighted by Crippen LogP contribution is 2.28. The summed E-state index contributed by atoms with van der Waals surface area (Å²) in [6.45, 7) is 4.36. The molecule has 2 rings (SSSR count). The van der Waals surface area contributed by atoms with Gasteiger partial charge in [0.2, 0.25) is 5.91 Å². The molecule has 0 radical (unpaired) electrons. The zero-order valence-electron chi connectivity index (χ0n) is 10.9. The van der Waals surface area contributed by atoms with Gasteiger partial charge in [0.05, 0.1) is 11.4 Å². The zero-order valence-corrected chi connectivity index (χ0v) is 10.9. The summed E-state index contributed by atoms with van der Waals surface area (Å²) in [6.07, 6.45) is 3.66. The van der Waals surface area contributed by atoms with E-state index in [4.69, 9.17) is 11.5 Å². The van der Waals surface area contributed by atoms with E-state index in [1.807, 2.05) is 6.07 Å². The van der Waals surface area contributed by atoms with Gasteiger partial charge in [-0.2, -0.15) is 0 Å². The maximum atomic E-state index is 11.1. The van der Waals surface area contributed by atoms with Crippen LogP contribution >= 0.6 is 0 Å². The van der Waals surface area contributed by atoms with E-state index in [-0.39, 0.29) is 0 Å². The lowest BCUT2D eigenvalue weighted by Gasteiger charge is -2.24. The highest BCUT2D eigenvalue weighted by molar-refractivity contribution is 5.94. The smallest absolute Gasteiger partial charge is 0.248 e. The van der Waals surface area contributed by atoms with Crippen molar-refractivity contribution in [3.8, 4) is 0 Å². The summed E-state index contributed by atoms with van der Waals surface area (Å²) in [4.78, 5) is 13.4. The monoisotopic (exact) mass is 247 g/mol. The molecule has 1 unspecified atom stereocenters. The fourth-order valence-corrected chi connectivity index (χ4v) is 2.50. The molecule has 18 heavy (non-hydrogen) atoms. The Labute approximate surface area is 108 Å². The number of primary amides is 1. The van der Waals surface area contributed by atoms with Crippen molar-refractivity contribution < 1.29 is 4.79 Å². The van der Waals surface area contributed by atoms with Gasteiger partial charge in [-0.25, -0.2) is 0 Å². The third-order valence-electron chi connectivity index (χ3n) is 3.67. The SMILES string of the molecule is CC1CCCN(c2ccc(C(N)=O)cc2N)CC1. The summed E-state index contributed by atoms with van der Waals surface area (Å²) < 4.78 is 0. The molecule has 1 aromatic carbocycles. The molecule has 0 bridgehead atoms. The Morgan fingerprint density at radius 2 is 2.11 bits per heavy atom. The molecule has 0 saturated carbocycles. The van der Waals surface area contributed by atoms with Crippen molar-refractivity contribution in [2.24, 2.45) is 11.7 Å². The third-order valence-corrected chi connectivity index (χ3v) is 3.67. The maximum Gasteiger partial charge on any atom is 0.248 e. The summed E-state index contributed by atoms with van der Waals surface area (Å²) in [7, 11) is 0. The fourth-order valence-electron chi connectivity index (χ4n) is 2.50. The second-order valence-electron chi connectivity index (χ2n) is 5.16. The van der Waals surface area contributed by atoms with Gasteiger partial charge in [-0.1, -0.05) is 6.92 Å². The number of benzene rings is 1. The number of hydrogen-bond donors (Lipinski definition) is 2. The lowest BCUT2D eigenvalue weighted by atomic mass is 10.0. The molecular weight excluding hydrogens is 226 g/mol. The van der Waals surface area contributed by atoms with Crippen LogP contribution in [-0.4, -0.2) is 19.0 Å². The molecule has 1 aliphatic heterocycles. The van der Waals surface area contributed by atoms with Gasteiger partial charge in [-0.05, 0) is 43.4 Å². The molecule has 1 aliphatic rings. The number of carbonyl (C=O) groups is 1. The van der Waals surface area contributed by atoms with Crippen LogP contribution < -0.4 is 16.4 Å². The highest BCUT2D eigenvalue weighted by Gasteiger charge is 2.16. The third kappa shape index (κ3) is 2.75. The van der Waals surface area contributed by atoms with E-state index in [9.17, 15) is 4.79 Å².